The number of carbonyl (C=O) groups excluding carboxylic acids is 1. The van der Waals surface area contributed by atoms with E-state index in [1.807, 2.05) is 18.3 Å². The summed E-state index contributed by atoms with van der Waals surface area (Å²) in [5, 5.41) is 15.1. The van der Waals surface area contributed by atoms with Crippen molar-refractivity contribution >= 4 is 11.8 Å². The molecule has 6 nitrogen and oxygen atoms in total. The molecule has 0 bridgehead atoms. The van der Waals surface area contributed by atoms with Crippen LogP contribution in [0.15, 0.2) is 18.3 Å². The molecule has 1 aromatic heterocycles. The van der Waals surface area contributed by atoms with Crippen molar-refractivity contribution in [2.75, 3.05) is 24.6 Å². The maximum atomic E-state index is 12.0. The highest BCUT2D eigenvalue weighted by Crippen LogP contribution is 2.23. The van der Waals surface area contributed by atoms with Crippen LogP contribution in [0.3, 0.4) is 0 Å². The molecule has 132 valence electrons. The number of rotatable bonds is 5. The van der Waals surface area contributed by atoms with Crippen LogP contribution in [-0.2, 0) is 6.54 Å². The van der Waals surface area contributed by atoms with E-state index in [0.29, 0.717) is 12.5 Å². The number of aliphatic hydroxyl groups excluding tert-OH is 1. The number of nitrogens with zero attached hydrogens (tertiary/aromatic N) is 2. The zero-order chi connectivity index (χ0) is 16.8. The Balaban J connectivity index is 1.39. The van der Waals surface area contributed by atoms with Gasteiger partial charge in [-0.25, -0.2) is 9.78 Å². The third-order valence-corrected chi connectivity index (χ3v) is 5.13. The number of pyridine rings is 1. The van der Waals surface area contributed by atoms with Gasteiger partial charge in [-0.15, -0.1) is 0 Å². The van der Waals surface area contributed by atoms with Crippen LogP contribution < -0.4 is 15.5 Å². The molecule has 1 aliphatic heterocycles. The predicted molar refractivity (Wildman–Crippen MR) is 93.9 cm³/mol. The van der Waals surface area contributed by atoms with E-state index in [1.165, 1.54) is 12.8 Å². The van der Waals surface area contributed by atoms with E-state index in [9.17, 15) is 4.79 Å². The monoisotopic (exact) mass is 332 g/mol. The van der Waals surface area contributed by atoms with Gasteiger partial charge in [0.25, 0.3) is 0 Å². The van der Waals surface area contributed by atoms with Gasteiger partial charge in [0.15, 0.2) is 0 Å². The molecule has 6 heteroatoms. The maximum Gasteiger partial charge on any atom is 0.315 e. The third-order valence-electron chi connectivity index (χ3n) is 5.13. The summed E-state index contributed by atoms with van der Waals surface area (Å²) in [4.78, 5) is 18.8. The lowest BCUT2D eigenvalue weighted by Crippen LogP contribution is -2.43. The predicted octanol–water partition coefficient (Wildman–Crippen LogP) is 2.03. The van der Waals surface area contributed by atoms with Gasteiger partial charge < -0.3 is 20.6 Å². The average molecular weight is 332 g/mol. The molecule has 0 spiro atoms. The van der Waals surface area contributed by atoms with Crippen molar-refractivity contribution in [3.63, 3.8) is 0 Å². The molecule has 24 heavy (non-hydrogen) atoms. The summed E-state index contributed by atoms with van der Waals surface area (Å²) in [7, 11) is 0. The van der Waals surface area contributed by atoms with E-state index in [4.69, 9.17) is 5.11 Å². The number of nitrogens with one attached hydrogen (secondary N) is 2. The topological polar surface area (TPSA) is 77.5 Å². The zero-order valence-corrected chi connectivity index (χ0v) is 14.2. The van der Waals surface area contributed by atoms with E-state index in [2.05, 4.69) is 20.5 Å². The Kier molecular flexibility index (Phi) is 5.91. The van der Waals surface area contributed by atoms with Crippen LogP contribution in [-0.4, -0.2) is 41.9 Å². The molecule has 0 aromatic carbocycles. The quantitative estimate of drug-likeness (QED) is 0.771. The van der Waals surface area contributed by atoms with Crippen LogP contribution >= 0.6 is 0 Å². The molecule has 1 aromatic rings. The van der Waals surface area contributed by atoms with Crippen molar-refractivity contribution in [2.45, 2.75) is 51.1 Å². The van der Waals surface area contributed by atoms with Gasteiger partial charge in [-0.2, -0.15) is 0 Å². The van der Waals surface area contributed by atoms with Crippen molar-refractivity contribution in [1.29, 1.82) is 0 Å². The molecule has 3 rings (SSSR count). The van der Waals surface area contributed by atoms with Gasteiger partial charge in [0.05, 0.1) is 0 Å². The number of hydrogen-bond donors (Lipinski definition) is 3. The summed E-state index contributed by atoms with van der Waals surface area (Å²) in [6.45, 7) is 2.93. The van der Waals surface area contributed by atoms with Crippen molar-refractivity contribution < 1.29 is 9.90 Å². The molecule has 0 atom stereocenters. The van der Waals surface area contributed by atoms with Crippen LogP contribution in [0.25, 0.3) is 0 Å². The molecule has 2 amide bonds. The second-order valence-electron chi connectivity index (χ2n) is 6.95. The first kappa shape index (κ1) is 17.0. The Labute approximate surface area is 143 Å². The molecular weight excluding hydrogens is 304 g/mol. The number of hydrogen-bond acceptors (Lipinski definition) is 4. The van der Waals surface area contributed by atoms with Crippen LogP contribution in [0, 0.1) is 5.92 Å². The minimum absolute atomic E-state index is 0.119. The second kappa shape index (κ2) is 8.33. The fraction of sp³-hybridized carbons (Fsp3) is 0.667. The van der Waals surface area contributed by atoms with Crippen LogP contribution in [0.4, 0.5) is 10.6 Å². The van der Waals surface area contributed by atoms with Gasteiger partial charge in [0.2, 0.25) is 0 Å². The normalized spacial score (nSPS) is 24.0. The molecule has 0 unspecified atom stereocenters. The molecule has 1 aliphatic carbocycles. The van der Waals surface area contributed by atoms with Crippen LogP contribution in [0.2, 0.25) is 0 Å². The van der Waals surface area contributed by atoms with Crippen molar-refractivity contribution in [2.24, 2.45) is 5.92 Å². The summed E-state index contributed by atoms with van der Waals surface area (Å²) < 4.78 is 0. The summed E-state index contributed by atoms with van der Waals surface area (Å²) in [6.07, 6.45) is 8.21. The smallest absolute Gasteiger partial charge is 0.315 e. The van der Waals surface area contributed by atoms with Crippen LogP contribution in [0.5, 0.6) is 0 Å². The Morgan fingerprint density at radius 1 is 1.21 bits per heavy atom. The highest BCUT2D eigenvalue weighted by molar-refractivity contribution is 5.74. The van der Waals surface area contributed by atoms with Gasteiger partial charge in [-0.05, 0) is 56.1 Å². The summed E-state index contributed by atoms with van der Waals surface area (Å²) in [5.74, 6) is 1.44. The molecular formula is C18H28N4O2. The SMILES string of the molecule is O=C(NCc1ccc(N2CCCC2)nc1)NC1CCC(CO)CC1. The lowest BCUT2D eigenvalue weighted by atomic mass is 9.87. The number of aromatic nitrogens is 1. The molecule has 0 radical (unpaired) electrons. The minimum Gasteiger partial charge on any atom is -0.396 e. The average Bonchev–Trinajstić information content (AvgIpc) is 3.16. The lowest BCUT2D eigenvalue weighted by Gasteiger charge is -2.27. The molecule has 3 N–H and O–H groups in total. The number of carbonyl (C=O) groups is 1. The van der Waals surface area contributed by atoms with Gasteiger partial charge in [-0.1, -0.05) is 6.07 Å². The highest BCUT2D eigenvalue weighted by atomic mass is 16.3. The van der Waals surface area contributed by atoms with E-state index in [1.54, 1.807) is 0 Å². The van der Waals surface area contributed by atoms with Crippen molar-refractivity contribution in [3.05, 3.63) is 23.9 Å². The fourth-order valence-corrected chi connectivity index (χ4v) is 3.56. The number of urea groups is 1. The zero-order valence-electron chi connectivity index (χ0n) is 14.2. The second-order valence-corrected chi connectivity index (χ2v) is 6.95. The van der Waals surface area contributed by atoms with Gasteiger partial charge in [0, 0.05) is 38.5 Å². The molecule has 2 heterocycles. The Hall–Kier alpha value is -1.82. The van der Waals surface area contributed by atoms with Gasteiger partial charge in [0.1, 0.15) is 5.82 Å². The van der Waals surface area contributed by atoms with Crippen molar-refractivity contribution in [1.82, 2.24) is 15.6 Å². The Morgan fingerprint density at radius 2 is 1.96 bits per heavy atom. The van der Waals surface area contributed by atoms with E-state index in [0.717, 1.165) is 50.2 Å². The molecule has 2 aliphatic rings. The third kappa shape index (κ3) is 4.60. The molecule has 1 saturated heterocycles. The number of anilines is 1. The lowest BCUT2D eigenvalue weighted by molar-refractivity contribution is 0.174. The summed E-state index contributed by atoms with van der Waals surface area (Å²) >= 11 is 0. The first-order valence-electron chi connectivity index (χ1n) is 9.09. The van der Waals surface area contributed by atoms with E-state index < -0.39 is 0 Å². The van der Waals surface area contributed by atoms with E-state index >= 15 is 0 Å². The van der Waals surface area contributed by atoms with Gasteiger partial charge in [-0.3, -0.25) is 0 Å². The van der Waals surface area contributed by atoms with Gasteiger partial charge >= 0.3 is 6.03 Å². The number of amides is 2. The van der Waals surface area contributed by atoms with Crippen LogP contribution in [0.1, 0.15) is 44.1 Å². The number of aliphatic hydroxyl groups is 1. The molecule has 2 fully saturated rings. The first-order valence-corrected chi connectivity index (χ1v) is 9.09. The highest BCUT2D eigenvalue weighted by Gasteiger charge is 2.21. The standard InChI is InChI=1S/C18H28N4O2/c23-13-14-3-6-16(7-4-14)21-18(24)20-12-15-5-8-17(19-11-15)22-9-1-2-10-22/h5,8,11,14,16,23H,1-4,6-7,9-10,12-13H2,(H2,20,21,24). The van der Waals surface area contributed by atoms with Crippen molar-refractivity contribution in [3.8, 4) is 0 Å². The Bertz CT molecular complexity index is 520. The largest absolute Gasteiger partial charge is 0.396 e. The summed E-state index contributed by atoms with van der Waals surface area (Å²) in [6, 6.07) is 4.18. The Morgan fingerprint density at radius 3 is 2.58 bits per heavy atom. The first-order chi connectivity index (χ1) is 11.7. The maximum absolute atomic E-state index is 12.0. The summed E-state index contributed by atoms with van der Waals surface area (Å²) in [5.41, 5.74) is 1.01. The van der Waals surface area contributed by atoms with E-state index in [-0.39, 0.29) is 18.7 Å². The minimum atomic E-state index is -0.119. The molecule has 1 saturated carbocycles. The fourth-order valence-electron chi connectivity index (χ4n) is 3.56.